The molecule has 3 rings (SSSR count). The second-order valence-corrected chi connectivity index (χ2v) is 9.41. The van der Waals surface area contributed by atoms with Gasteiger partial charge >= 0.3 is 5.97 Å². The first kappa shape index (κ1) is 22.1. The molecule has 2 aliphatic rings. The number of hydrogen-bond acceptors (Lipinski definition) is 5. The number of dihydropyridines is 1. The number of rotatable bonds is 6. The Labute approximate surface area is 180 Å². The minimum atomic E-state index is -0.393. The first-order valence-electron chi connectivity index (χ1n) is 10.8. The molecule has 1 aliphatic carbocycles. The van der Waals surface area contributed by atoms with Gasteiger partial charge in [0, 0.05) is 49.1 Å². The topological polar surface area (TPSA) is 58.6 Å². The van der Waals surface area contributed by atoms with Crippen molar-refractivity contribution in [2.75, 3.05) is 25.6 Å². The number of esters is 1. The Hall–Kier alpha value is -2.56. The van der Waals surface area contributed by atoms with Gasteiger partial charge < -0.3 is 15.0 Å². The van der Waals surface area contributed by atoms with E-state index in [0.717, 1.165) is 47.5 Å². The van der Waals surface area contributed by atoms with E-state index in [4.69, 9.17) is 4.74 Å². The van der Waals surface area contributed by atoms with E-state index in [1.54, 1.807) is 0 Å². The zero-order valence-electron chi connectivity index (χ0n) is 19.1. The van der Waals surface area contributed by atoms with Crippen molar-refractivity contribution in [3.63, 3.8) is 0 Å². The molecule has 1 N–H and O–H groups in total. The summed E-state index contributed by atoms with van der Waals surface area (Å²) in [6.07, 6.45) is 3.06. The van der Waals surface area contributed by atoms with Crippen LogP contribution in [-0.4, -0.2) is 32.5 Å². The molecule has 1 aliphatic heterocycles. The van der Waals surface area contributed by atoms with Crippen LogP contribution in [0.5, 0.6) is 0 Å². The van der Waals surface area contributed by atoms with Crippen LogP contribution in [0.1, 0.15) is 64.9 Å². The van der Waals surface area contributed by atoms with Crippen LogP contribution >= 0.6 is 0 Å². The van der Waals surface area contributed by atoms with Gasteiger partial charge in [-0.25, -0.2) is 4.79 Å². The van der Waals surface area contributed by atoms with Gasteiger partial charge in [-0.05, 0) is 42.9 Å². The maximum Gasteiger partial charge on any atom is 0.336 e. The molecule has 1 aromatic carbocycles. The van der Waals surface area contributed by atoms with Crippen molar-refractivity contribution in [3.8, 4) is 0 Å². The standard InChI is InChI=1S/C25H34N2O3/c1-7-8-13-30-24(29)21-16(2)26-19-14-25(3,4)15-20(28)23(19)22(21)17-9-11-18(12-10-17)27(5)6/h9-12,22,26H,7-8,13-15H2,1-6H3. The third-order valence-electron chi connectivity index (χ3n) is 5.93. The SMILES string of the molecule is CCCCOC(=O)C1=C(C)NC2=C(C(=O)CC(C)(C)C2)C1c1ccc(N(C)C)cc1. The normalized spacial score (nSPS) is 20.6. The number of unbranched alkanes of at least 4 members (excludes halogenated alkanes) is 1. The van der Waals surface area contributed by atoms with Crippen LogP contribution in [-0.2, 0) is 14.3 Å². The Morgan fingerprint density at radius 3 is 2.47 bits per heavy atom. The van der Waals surface area contributed by atoms with Crippen LogP contribution in [0.25, 0.3) is 0 Å². The van der Waals surface area contributed by atoms with Crippen molar-refractivity contribution in [1.29, 1.82) is 0 Å². The van der Waals surface area contributed by atoms with Gasteiger partial charge in [0.05, 0.1) is 12.2 Å². The summed E-state index contributed by atoms with van der Waals surface area (Å²) in [5, 5.41) is 3.38. The van der Waals surface area contributed by atoms with E-state index in [-0.39, 0.29) is 17.2 Å². The zero-order valence-corrected chi connectivity index (χ0v) is 19.1. The van der Waals surface area contributed by atoms with E-state index in [1.165, 1.54) is 0 Å². The maximum absolute atomic E-state index is 13.3. The van der Waals surface area contributed by atoms with Crippen LogP contribution in [0.3, 0.4) is 0 Å². The molecule has 0 radical (unpaired) electrons. The largest absolute Gasteiger partial charge is 0.462 e. The minimum Gasteiger partial charge on any atom is -0.462 e. The lowest BCUT2D eigenvalue weighted by atomic mass is 9.68. The Kier molecular flexibility index (Phi) is 6.39. The fourth-order valence-corrected chi connectivity index (χ4v) is 4.39. The van der Waals surface area contributed by atoms with Gasteiger partial charge in [0.15, 0.2) is 5.78 Å². The molecule has 1 aromatic rings. The average Bonchev–Trinajstić information content (AvgIpc) is 2.66. The predicted molar refractivity (Wildman–Crippen MR) is 120 cm³/mol. The number of ketones is 1. The molecule has 162 valence electrons. The van der Waals surface area contributed by atoms with Crippen molar-refractivity contribution in [2.24, 2.45) is 5.41 Å². The molecule has 0 aromatic heterocycles. The molecule has 5 nitrogen and oxygen atoms in total. The number of hydrogen-bond donors (Lipinski definition) is 1. The van der Waals surface area contributed by atoms with E-state index < -0.39 is 5.92 Å². The third-order valence-corrected chi connectivity index (χ3v) is 5.93. The van der Waals surface area contributed by atoms with Crippen molar-refractivity contribution >= 4 is 17.4 Å². The molecule has 1 atom stereocenters. The van der Waals surface area contributed by atoms with Gasteiger partial charge in [-0.15, -0.1) is 0 Å². The summed E-state index contributed by atoms with van der Waals surface area (Å²) < 4.78 is 5.58. The van der Waals surface area contributed by atoms with Crippen LogP contribution in [0.4, 0.5) is 5.69 Å². The molecule has 0 bridgehead atoms. The Bertz CT molecular complexity index is 891. The summed E-state index contributed by atoms with van der Waals surface area (Å²) in [6, 6.07) is 8.11. The van der Waals surface area contributed by atoms with Crippen LogP contribution in [0.2, 0.25) is 0 Å². The van der Waals surface area contributed by atoms with E-state index in [1.807, 2.05) is 50.2 Å². The molecule has 1 unspecified atom stereocenters. The molecule has 30 heavy (non-hydrogen) atoms. The quantitative estimate of drug-likeness (QED) is 0.544. The van der Waals surface area contributed by atoms with Gasteiger partial charge in [0.25, 0.3) is 0 Å². The van der Waals surface area contributed by atoms with Crippen molar-refractivity contribution in [2.45, 2.75) is 59.3 Å². The average molecular weight is 411 g/mol. The molecule has 0 spiro atoms. The Morgan fingerprint density at radius 1 is 1.20 bits per heavy atom. The summed E-state index contributed by atoms with van der Waals surface area (Å²) in [5.74, 6) is -0.615. The number of carbonyl (C=O) groups excluding carboxylic acids is 2. The minimum absolute atomic E-state index is 0.0956. The Morgan fingerprint density at radius 2 is 1.87 bits per heavy atom. The summed E-state index contributed by atoms with van der Waals surface area (Å²) in [6.45, 7) is 8.60. The van der Waals surface area contributed by atoms with Gasteiger partial charge in [0.1, 0.15) is 0 Å². The molecule has 1 heterocycles. The van der Waals surface area contributed by atoms with Gasteiger partial charge in [-0.2, -0.15) is 0 Å². The fourth-order valence-electron chi connectivity index (χ4n) is 4.39. The predicted octanol–water partition coefficient (Wildman–Crippen LogP) is 4.70. The first-order chi connectivity index (χ1) is 14.1. The number of carbonyl (C=O) groups is 2. The van der Waals surface area contributed by atoms with Crippen molar-refractivity contribution in [1.82, 2.24) is 5.32 Å². The third kappa shape index (κ3) is 4.45. The molecule has 0 fully saturated rings. The highest BCUT2D eigenvalue weighted by Crippen LogP contribution is 2.46. The second-order valence-electron chi connectivity index (χ2n) is 9.41. The highest BCUT2D eigenvalue weighted by atomic mass is 16.5. The van der Waals surface area contributed by atoms with E-state index >= 15 is 0 Å². The summed E-state index contributed by atoms with van der Waals surface area (Å²) in [4.78, 5) is 28.4. The van der Waals surface area contributed by atoms with E-state index in [9.17, 15) is 9.59 Å². The molecule has 0 amide bonds. The smallest absolute Gasteiger partial charge is 0.336 e. The lowest BCUT2D eigenvalue weighted by Gasteiger charge is -2.39. The zero-order chi connectivity index (χ0) is 22.1. The Balaban J connectivity index is 2.07. The second kappa shape index (κ2) is 8.66. The van der Waals surface area contributed by atoms with E-state index in [0.29, 0.717) is 18.6 Å². The number of benzene rings is 1. The number of ether oxygens (including phenoxy) is 1. The highest BCUT2D eigenvalue weighted by molar-refractivity contribution is 6.04. The summed E-state index contributed by atoms with van der Waals surface area (Å²) in [5.41, 5.74) is 4.93. The van der Waals surface area contributed by atoms with Crippen LogP contribution in [0.15, 0.2) is 46.8 Å². The number of anilines is 1. The van der Waals surface area contributed by atoms with Crippen molar-refractivity contribution in [3.05, 3.63) is 52.4 Å². The first-order valence-corrected chi connectivity index (χ1v) is 10.8. The summed E-state index contributed by atoms with van der Waals surface area (Å²) in [7, 11) is 3.99. The fraction of sp³-hybridized carbons (Fsp3) is 0.520. The number of allylic oxidation sites excluding steroid dienone is 3. The van der Waals surface area contributed by atoms with Gasteiger partial charge in [-0.3, -0.25) is 4.79 Å². The number of nitrogens with zero attached hydrogens (tertiary/aromatic N) is 1. The van der Waals surface area contributed by atoms with Gasteiger partial charge in [-0.1, -0.05) is 39.3 Å². The van der Waals surface area contributed by atoms with Crippen molar-refractivity contribution < 1.29 is 14.3 Å². The number of Topliss-reactive ketones (excluding diaryl/α,β-unsaturated/α-hetero) is 1. The molecular weight excluding hydrogens is 376 g/mol. The molecule has 0 saturated heterocycles. The maximum atomic E-state index is 13.3. The molecular formula is C25H34N2O3. The number of nitrogens with one attached hydrogen (secondary N) is 1. The highest BCUT2D eigenvalue weighted by Gasteiger charge is 2.43. The van der Waals surface area contributed by atoms with Gasteiger partial charge in [0.2, 0.25) is 0 Å². The van der Waals surface area contributed by atoms with Crippen LogP contribution in [0, 0.1) is 5.41 Å². The molecule has 5 heteroatoms. The van der Waals surface area contributed by atoms with E-state index in [2.05, 4.69) is 26.1 Å². The lowest BCUT2D eigenvalue weighted by molar-refractivity contribution is -0.139. The summed E-state index contributed by atoms with van der Waals surface area (Å²) >= 11 is 0. The molecule has 0 saturated carbocycles. The monoisotopic (exact) mass is 410 g/mol. The lowest BCUT2D eigenvalue weighted by Crippen LogP contribution is -2.38. The van der Waals surface area contributed by atoms with Crippen LogP contribution < -0.4 is 10.2 Å².